The topological polar surface area (TPSA) is 35.5 Å². The van der Waals surface area contributed by atoms with Gasteiger partial charge >= 0.3 is 0 Å². The Bertz CT molecular complexity index is 997. The molecule has 0 N–H and O–H groups in total. The molecule has 2 atom stereocenters. The molecule has 0 heterocycles. The van der Waals surface area contributed by atoms with Crippen LogP contribution in [0.1, 0.15) is 50.7 Å². The number of hydrogen-bond donors (Lipinski definition) is 0. The number of allylic oxidation sites excluding steroid dienone is 2. The van der Waals surface area contributed by atoms with Gasteiger partial charge in [-0.15, -0.1) is 0 Å². The maximum atomic E-state index is 13.1. The van der Waals surface area contributed by atoms with Crippen molar-refractivity contribution in [3.8, 4) is 11.5 Å². The van der Waals surface area contributed by atoms with Gasteiger partial charge < -0.3 is 9.47 Å². The summed E-state index contributed by atoms with van der Waals surface area (Å²) in [5.74, 6) is 1.98. The monoisotopic (exact) mass is 520 g/mol. The van der Waals surface area contributed by atoms with Gasteiger partial charge in [-0.25, -0.2) is 0 Å². The number of hydrogen-bond acceptors (Lipinski definition) is 3. The Morgan fingerprint density at radius 3 is 1.28 bits per heavy atom. The predicted molar refractivity (Wildman–Crippen MR) is 159 cm³/mol. The zero-order chi connectivity index (χ0) is 26.5. The molecule has 0 spiro atoms. The summed E-state index contributed by atoms with van der Waals surface area (Å²) in [6.07, 6.45) is 7.68. The predicted octanol–water partition coefficient (Wildman–Crippen LogP) is 8.59. The van der Waals surface area contributed by atoms with Gasteiger partial charge in [-0.1, -0.05) is 77.4 Å². The van der Waals surface area contributed by atoms with Crippen molar-refractivity contribution >= 4 is 34.1 Å². The van der Waals surface area contributed by atoms with Crippen LogP contribution in [-0.4, -0.2) is 33.4 Å². The summed E-state index contributed by atoms with van der Waals surface area (Å²) in [5, 5.41) is 0. The van der Waals surface area contributed by atoms with E-state index >= 15 is 0 Å². The third kappa shape index (κ3) is 7.56. The number of carbonyl (C=O) groups excluding carboxylic acids is 1. The van der Waals surface area contributed by atoms with Crippen molar-refractivity contribution in [3.05, 3.63) is 70.8 Å². The number of ketones is 1. The summed E-state index contributed by atoms with van der Waals surface area (Å²) in [6, 6.07) is 16.3. The fourth-order valence-corrected chi connectivity index (χ4v) is 8.17. The van der Waals surface area contributed by atoms with E-state index in [1.165, 1.54) is 0 Å². The smallest absolute Gasteiger partial charge is 0.185 e. The van der Waals surface area contributed by atoms with Crippen molar-refractivity contribution in [2.75, 3.05) is 0 Å². The van der Waals surface area contributed by atoms with E-state index < -0.39 is 16.1 Å². The molecular formula is C31H44O3Si2. The Balaban J connectivity index is 1.66. The first kappa shape index (κ1) is 28.2. The Labute approximate surface area is 220 Å². The van der Waals surface area contributed by atoms with Crippen LogP contribution in [0.2, 0.25) is 39.3 Å². The summed E-state index contributed by atoms with van der Waals surface area (Å²) < 4.78 is 12.5. The molecule has 194 valence electrons. The average molecular weight is 521 g/mol. The average Bonchev–Trinajstić information content (AvgIpc) is 3.15. The highest BCUT2D eigenvalue weighted by Gasteiger charge is 2.28. The Hall–Kier alpha value is -2.38. The molecule has 1 aliphatic carbocycles. The zero-order valence-electron chi connectivity index (χ0n) is 23.5. The van der Waals surface area contributed by atoms with Crippen LogP contribution in [0.25, 0.3) is 12.2 Å². The van der Waals surface area contributed by atoms with Crippen LogP contribution in [0.4, 0.5) is 0 Å². The van der Waals surface area contributed by atoms with Crippen molar-refractivity contribution in [1.82, 2.24) is 0 Å². The molecule has 0 bridgehead atoms. The van der Waals surface area contributed by atoms with E-state index in [0.29, 0.717) is 11.5 Å². The van der Waals surface area contributed by atoms with Gasteiger partial charge in [0, 0.05) is 11.1 Å². The van der Waals surface area contributed by atoms with Crippen LogP contribution >= 0.6 is 0 Å². The van der Waals surface area contributed by atoms with Gasteiger partial charge in [-0.2, -0.15) is 0 Å². The van der Waals surface area contributed by atoms with E-state index in [-0.39, 0.29) is 5.78 Å². The van der Waals surface area contributed by atoms with Gasteiger partial charge in [0.1, 0.15) is 11.5 Å². The van der Waals surface area contributed by atoms with E-state index in [0.717, 1.165) is 59.5 Å². The SMILES string of the molecule is CCC(Oc1ccc(C=C2CCC(=Cc3ccc(OC(CC)[Si](C)(C)C)cc3)C2=O)cc1)[Si](C)(C)C. The van der Waals surface area contributed by atoms with Crippen molar-refractivity contribution in [2.24, 2.45) is 0 Å². The van der Waals surface area contributed by atoms with Crippen LogP contribution in [0.3, 0.4) is 0 Å². The molecule has 1 fully saturated rings. The maximum Gasteiger partial charge on any atom is 0.185 e. The van der Waals surface area contributed by atoms with E-state index in [9.17, 15) is 4.79 Å². The first-order chi connectivity index (χ1) is 16.9. The second-order valence-electron chi connectivity index (χ2n) is 12.1. The fraction of sp³-hybridized carbons (Fsp3) is 0.452. The lowest BCUT2D eigenvalue weighted by Gasteiger charge is -2.28. The van der Waals surface area contributed by atoms with E-state index in [4.69, 9.17) is 9.47 Å². The lowest BCUT2D eigenvalue weighted by molar-refractivity contribution is -0.111. The molecule has 5 heteroatoms. The quantitative estimate of drug-likeness (QED) is 0.232. The normalized spacial score (nSPS) is 18.5. The number of ether oxygens (including phenoxy) is 2. The Kier molecular flexibility index (Phi) is 9.23. The van der Waals surface area contributed by atoms with Gasteiger partial charge in [0.05, 0.1) is 27.6 Å². The molecule has 0 aromatic heterocycles. The molecule has 0 aliphatic heterocycles. The molecule has 0 saturated heterocycles. The van der Waals surface area contributed by atoms with Gasteiger partial charge in [-0.05, 0) is 73.2 Å². The van der Waals surface area contributed by atoms with Gasteiger partial charge in [-0.3, -0.25) is 4.79 Å². The van der Waals surface area contributed by atoms with Crippen molar-refractivity contribution in [3.63, 3.8) is 0 Å². The molecule has 36 heavy (non-hydrogen) atoms. The first-order valence-corrected chi connectivity index (χ1v) is 20.6. The second-order valence-corrected chi connectivity index (χ2v) is 22.8. The fourth-order valence-electron chi connectivity index (χ4n) is 4.74. The number of carbonyl (C=O) groups is 1. The number of benzene rings is 2. The molecule has 1 saturated carbocycles. The summed E-state index contributed by atoms with van der Waals surface area (Å²) in [5.41, 5.74) is 4.46. The highest BCUT2D eigenvalue weighted by Crippen LogP contribution is 2.31. The lowest BCUT2D eigenvalue weighted by atomic mass is 10.1. The third-order valence-electron chi connectivity index (χ3n) is 6.92. The minimum atomic E-state index is -1.37. The number of Topliss-reactive ketones (excluding diaryl/α,β-unsaturated/α-hetero) is 1. The highest BCUT2D eigenvalue weighted by atomic mass is 28.3. The standard InChI is InChI=1S/C31H44O3Si2/c1-9-29(35(3,4)5)33-27-17-11-23(12-18-27)21-25-15-16-26(31(25)32)22-24-13-19-28(20-14-24)34-30(10-2)36(6,7)8/h11-14,17-22,29-30H,9-10,15-16H2,1-8H3. The van der Waals surface area contributed by atoms with Gasteiger partial charge in [0.2, 0.25) is 0 Å². The first-order valence-electron chi connectivity index (χ1n) is 13.4. The zero-order valence-corrected chi connectivity index (χ0v) is 25.5. The molecule has 3 rings (SSSR count). The van der Waals surface area contributed by atoms with Gasteiger partial charge in [0.15, 0.2) is 5.78 Å². The molecule has 0 amide bonds. The maximum absolute atomic E-state index is 13.1. The summed E-state index contributed by atoms with van der Waals surface area (Å²) in [7, 11) is -2.74. The lowest BCUT2D eigenvalue weighted by Crippen LogP contribution is -2.42. The van der Waals surface area contributed by atoms with E-state index in [1.807, 2.05) is 36.4 Å². The van der Waals surface area contributed by atoms with E-state index in [1.54, 1.807) is 0 Å². The summed E-state index contributed by atoms with van der Waals surface area (Å²) in [6.45, 7) is 18.4. The van der Waals surface area contributed by atoms with Crippen LogP contribution in [-0.2, 0) is 4.79 Å². The van der Waals surface area contributed by atoms with Crippen LogP contribution in [0.5, 0.6) is 11.5 Å². The van der Waals surface area contributed by atoms with E-state index in [2.05, 4.69) is 77.4 Å². The van der Waals surface area contributed by atoms with Crippen LogP contribution in [0, 0.1) is 0 Å². The minimum absolute atomic E-state index is 0.158. The van der Waals surface area contributed by atoms with Crippen molar-refractivity contribution in [1.29, 1.82) is 0 Å². The summed E-state index contributed by atoms with van der Waals surface area (Å²) >= 11 is 0. The van der Waals surface area contributed by atoms with Crippen LogP contribution in [0.15, 0.2) is 59.7 Å². The van der Waals surface area contributed by atoms with Gasteiger partial charge in [0.25, 0.3) is 0 Å². The molecule has 2 aromatic carbocycles. The molecule has 0 radical (unpaired) electrons. The Morgan fingerprint density at radius 2 is 1.00 bits per heavy atom. The highest BCUT2D eigenvalue weighted by molar-refractivity contribution is 6.77. The minimum Gasteiger partial charge on any atom is -0.494 e. The number of rotatable bonds is 10. The Morgan fingerprint density at radius 1 is 0.667 bits per heavy atom. The molecule has 2 aromatic rings. The molecule has 1 aliphatic rings. The molecule has 2 unspecified atom stereocenters. The summed E-state index contributed by atoms with van der Waals surface area (Å²) in [4.78, 5) is 13.1. The molecular weight excluding hydrogens is 477 g/mol. The second kappa shape index (κ2) is 11.8. The largest absolute Gasteiger partial charge is 0.494 e. The molecule has 3 nitrogen and oxygen atoms in total. The van der Waals surface area contributed by atoms with Crippen molar-refractivity contribution in [2.45, 2.75) is 90.3 Å². The van der Waals surface area contributed by atoms with Crippen LogP contribution < -0.4 is 9.47 Å². The third-order valence-corrected chi connectivity index (χ3v) is 11.8. The van der Waals surface area contributed by atoms with Crippen molar-refractivity contribution < 1.29 is 14.3 Å².